The largest absolute Gasteiger partial charge is 0.481 e. The monoisotopic (exact) mass is 660 g/mol. The molecule has 4 N–H and O–H groups in total. The highest BCUT2D eigenvalue weighted by Gasteiger charge is 2.56. The first-order valence-corrected chi connectivity index (χ1v) is 16.4. The van der Waals surface area contributed by atoms with Gasteiger partial charge in [-0.2, -0.15) is 0 Å². The van der Waals surface area contributed by atoms with Crippen molar-refractivity contribution in [1.29, 1.82) is 0 Å². The van der Waals surface area contributed by atoms with Crippen LogP contribution >= 0.6 is 0 Å². The van der Waals surface area contributed by atoms with E-state index in [1.165, 1.54) is 6.08 Å². The van der Waals surface area contributed by atoms with Crippen LogP contribution in [0.3, 0.4) is 0 Å². The number of carboxylic acids is 3. The van der Waals surface area contributed by atoms with E-state index in [1.807, 2.05) is 19.9 Å². The summed E-state index contributed by atoms with van der Waals surface area (Å²) in [7, 11) is 0. The molecule has 0 aromatic carbocycles. The summed E-state index contributed by atoms with van der Waals surface area (Å²) in [5.41, 5.74) is 0.415. The van der Waals surface area contributed by atoms with Gasteiger partial charge >= 0.3 is 23.9 Å². The second-order valence-electron chi connectivity index (χ2n) is 12.8. The molecule has 2 heterocycles. The van der Waals surface area contributed by atoms with Gasteiger partial charge in [-0.25, -0.2) is 9.59 Å². The summed E-state index contributed by atoms with van der Waals surface area (Å²) in [5.74, 6) is -4.99. The molecule has 1 spiro atoms. The standard InChI is InChI=1S/C36H52O11/c1-6-7-19-35(30(14-10-25(3)23-33(42)43)45-34(44)17-16-32(40)41)21-22-36(47-35)20-18-27(5)29(46-36)13-9-24(2)8-12-28(37)26(4)11-15-31(38)39/h8-12,14-15,23,26-30,37H,6-7,13,16-22H2,1-5H3,(H,38,39)(H,40,41)(H,42,43)/t26?,27?,28?,29?,30?,35-,36+/m1/s1. The predicted octanol–water partition coefficient (Wildman–Crippen LogP) is 6.13. The average molecular weight is 661 g/mol. The Hall–Kier alpha value is -3.54. The number of hydrogen-bond donors (Lipinski definition) is 4. The number of carbonyl (C=O) groups excluding carboxylic acids is 1. The number of carboxylic acid groups (broad SMARTS) is 3. The summed E-state index contributed by atoms with van der Waals surface area (Å²) < 4.78 is 19.5. The van der Waals surface area contributed by atoms with Gasteiger partial charge in [0.2, 0.25) is 0 Å². The minimum Gasteiger partial charge on any atom is -0.481 e. The maximum Gasteiger partial charge on any atom is 0.328 e. The number of aliphatic hydroxyl groups is 1. The van der Waals surface area contributed by atoms with Crippen molar-refractivity contribution < 1.29 is 53.8 Å². The molecule has 2 aliphatic heterocycles. The third kappa shape index (κ3) is 13.2. The van der Waals surface area contributed by atoms with Gasteiger partial charge < -0.3 is 34.6 Å². The molecular formula is C36H52O11. The fourth-order valence-corrected chi connectivity index (χ4v) is 5.85. The number of hydrogen-bond acceptors (Lipinski definition) is 8. The van der Waals surface area contributed by atoms with Crippen LogP contribution in [0.2, 0.25) is 0 Å². The molecule has 262 valence electrons. The summed E-state index contributed by atoms with van der Waals surface area (Å²) in [6.45, 7) is 9.46. The highest BCUT2D eigenvalue weighted by Crippen LogP contribution is 2.50. The molecule has 0 saturated carbocycles. The average Bonchev–Trinajstić information content (AvgIpc) is 3.37. The Morgan fingerprint density at radius 3 is 2.28 bits per heavy atom. The summed E-state index contributed by atoms with van der Waals surface area (Å²) >= 11 is 0. The second-order valence-corrected chi connectivity index (χ2v) is 12.8. The number of rotatable bonds is 18. The number of ether oxygens (including phenoxy) is 3. The molecule has 0 aromatic heterocycles. The van der Waals surface area contributed by atoms with Crippen molar-refractivity contribution in [2.75, 3.05) is 0 Å². The van der Waals surface area contributed by atoms with Crippen LogP contribution in [-0.4, -0.2) is 74.0 Å². The van der Waals surface area contributed by atoms with Crippen molar-refractivity contribution in [2.24, 2.45) is 11.8 Å². The van der Waals surface area contributed by atoms with Crippen LogP contribution < -0.4 is 0 Å². The van der Waals surface area contributed by atoms with Crippen molar-refractivity contribution in [3.8, 4) is 0 Å². The zero-order valence-corrected chi connectivity index (χ0v) is 28.2. The third-order valence-corrected chi connectivity index (χ3v) is 8.77. The molecule has 0 bridgehead atoms. The van der Waals surface area contributed by atoms with E-state index in [4.69, 9.17) is 29.5 Å². The molecular weight excluding hydrogens is 608 g/mol. The Morgan fingerprint density at radius 1 is 0.936 bits per heavy atom. The van der Waals surface area contributed by atoms with Crippen LogP contribution in [-0.2, 0) is 33.4 Å². The Bertz CT molecular complexity index is 1250. The quantitative estimate of drug-likeness (QED) is 0.0755. The lowest BCUT2D eigenvalue weighted by Gasteiger charge is -2.44. The van der Waals surface area contributed by atoms with E-state index in [9.17, 15) is 24.3 Å². The van der Waals surface area contributed by atoms with Crippen LogP contribution in [0.5, 0.6) is 0 Å². The summed E-state index contributed by atoms with van der Waals surface area (Å²) in [5, 5.41) is 37.4. The van der Waals surface area contributed by atoms with Crippen LogP contribution in [0.4, 0.5) is 0 Å². The van der Waals surface area contributed by atoms with Crippen LogP contribution in [0.25, 0.3) is 0 Å². The second kappa shape index (κ2) is 18.7. The van der Waals surface area contributed by atoms with Gasteiger partial charge in [-0.1, -0.05) is 69.6 Å². The van der Waals surface area contributed by atoms with E-state index in [0.717, 1.165) is 37.0 Å². The lowest BCUT2D eigenvalue weighted by atomic mass is 9.85. The van der Waals surface area contributed by atoms with Gasteiger partial charge in [0, 0.05) is 30.9 Å². The number of carbonyl (C=O) groups is 4. The van der Waals surface area contributed by atoms with E-state index in [-0.39, 0.29) is 30.8 Å². The minimum absolute atomic E-state index is 0.163. The first kappa shape index (κ1) is 39.6. The van der Waals surface area contributed by atoms with Crippen LogP contribution in [0.15, 0.2) is 59.8 Å². The van der Waals surface area contributed by atoms with Crippen molar-refractivity contribution >= 4 is 23.9 Å². The smallest absolute Gasteiger partial charge is 0.328 e. The molecule has 7 atom stereocenters. The molecule has 2 rings (SSSR count). The molecule has 0 radical (unpaired) electrons. The van der Waals surface area contributed by atoms with Crippen molar-refractivity contribution in [3.63, 3.8) is 0 Å². The molecule has 5 unspecified atom stereocenters. The van der Waals surface area contributed by atoms with Gasteiger partial charge in [-0.15, -0.1) is 0 Å². The normalized spacial score (nSPS) is 27.4. The van der Waals surface area contributed by atoms with Gasteiger partial charge in [-0.3, -0.25) is 9.59 Å². The summed E-state index contributed by atoms with van der Waals surface area (Å²) in [6.07, 6.45) is 15.0. The van der Waals surface area contributed by atoms with Crippen LogP contribution in [0.1, 0.15) is 98.8 Å². The molecule has 2 aliphatic rings. The maximum absolute atomic E-state index is 12.8. The maximum atomic E-state index is 12.8. The highest BCUT2D eigenvalue weighted by atomic mass is 16.7. The predicted molar refractivity (Wildman–Crippen MR) is 175 cm³/mol. The van der Waals surface area contributed by atoms with E-state index in [0.29, 0.717) is 37.7 Å². The van der Waals surface area contributed by atoms with Gasteiger partial charge in [0.15, 0.2) is 5.79 Å². The Balaban J connectivity index is 2.28. The molecule has 0 aromatic rings. The molecule has 11 heteroatoms. The molecule has 11 nitrogen and oxygen atoms in total. The minimum atomic E-state index is -1.11. The lowest BCUT2D eigenvalue weighted by Crippen LogP contribution is -2.50. The van der Waals surface area contributed by atoms with E-state index < -0.39 is 47.5 Å². The lowest BCUT2D eigenvalue weighted by molar-refractivity contribution is -0.308. The first-order valence-electron chi connectivity index (χ1n) is 16.4. The Morgan fingerprint density at radius 2 is 1.64 bits per heavy atom. The number of aliphatic carboxylic acids is 3. The topological polar surface area (TPSA) is 177 Å². The summed E-state index contributed by atoms with van der Waals surface area (Å²) in [4.78, 5) is 45.8. The van der Waals surface area contributed by atoms with Crippen LogP contribution in [0, 0.1) is 11.8 Å². The number of aliphatic hydroxyl groups excluding tert-OH is 1. The number of allylic oxidation sites excluding steroid dienone is 4. The van der Waals surface area contributed by atoms with E-state index in [1.54, 1.807) is 38.2 Å². The molecule has 2 saturated heterocycles. The van der Waals surface area contributed by atoms with Crippen molar-refractivity contribution in [1.82, 2.24) is 0 Å². The van der Waals surface area contributed by atoms with Gasteiger partial charge in [0.25, 0.3) is 0 Å². The molecule has 2 fully saturated rings. The zero-order valence-electron chi connectivity index (χ0n) is 28.2. The highest BCUT2D eigenvalue weighted by molar-refractivity contribution is 5.81. The summed E-state index contributed by atoms with van der Waals surface area (Å²) in [6, 6.07) is 0. The fourth-order valence-electron chi connectivity index (χ4n) is 5.85. The molecule has 47 heavy (non-hydrogen) atoms. The van der Waals surface area contributed by atoms with E-state index >= 15 is 0 Å². The Labute approximate surface area is 277 Å². The van der Waals surface area contributed by atoms with Gasteiger partial charge in [0.05, 0.1) is 25.0 Å². The molecule has 0 aliphatic carbocycles. The number of esters is 1. The van der Waals surface area contributed by atoms with Gasteiger partial charge in [0.1, 0.15) is 11.7 Å². The third-order valence-electron chi connectivity index (χ3n) is 8.77. The van der Waals surface area contributed by atoms with E-state index in [2.05, 4.69) is 6.92 Å². The fraction of sp³-hybridized carbons (Fsp3) is 0.611. The first-order chi connectivity index (χ1) is 22.1. The van der Waals surface area contributed by atoms with Crippen molar-refractivity contribution in [3.05, 3.63) is 59.8 Å². The Kier molecular flexibility index (Phi) is 15.8. The molecule has 0 amide bonds. The number of unbranched alkanes of at least 4 members (excludes halogenated alkanes) is 1. The SMILES string of the molecule is CCCC[C@]1(C(C=CC(C)=CC(=O)O)OC(=O)CCC(=O)O)CC[C@]2(CCC(C)C(CC=C(C)C=CC(O)C(C)C=CC(=O)O)O2)O1. The van der Waals surface area contributed by atoms with Gasteiger partial charge in [-0.05, 0) is 57.1 Å². The zero-order chi connectivity index (χ0) is 35.2. The van der Waals surface area contributed by atoms with Crippen molar-refractivity contribution in [2.45, 2.75) is 129 Å².